The smallest absolute Gasteiger partial charge is 0.243 e. The van der Waals surface area contributed by atoms with Gasteiger partial charge in [0.25, 0.3) is 0 Å². The van der Waals surface area contributed by atoms with E-state index in [1.165, 1.54) is 16.4 Å². The van der Waals surface area contributed by atoms with E-state index in [0.717, 1.165) is 24.8 Å². The maximum Gasteiger partial charge on any atom is 0.243 e. The second kappa shape index (κ2) is 8.05. The topological polar surface area (TPSA) is 57.7 Å². The molecule has 4 rings (SSSR count). The molecule has 2 aliphatic rings. The summed E-state index contributed by atoms with van der Waals surface area (Å²) >= 11 is 6.04. The van der Waals surface area contributed by atoms with Crippen LogP contribution in [0.1, 0.15) is 30.4 Å². The molecule has 1 saturated heterocycles. The van der Waals surface area contributed by atoms with E-state index in [1.54, 1.807) is 29.2 Å². The average Bonchev–Trinajstić information content (AvgIpc) is 3.15. The van der Waals surface area contributed by atoms with Crippen LogP contribution in [0.2, 0.25) is 5.02 Å². The molecule has 2 aromatic rings. The number of sulfonamides is 1. The van der Waals surface area contributed by atoms with Crippen molar-refractivity contribution < 1.29 is 17.6 Å². The summed E-state index contributed by atoms with van der Waals surface area (Å²) in [7, 11) is -3.52. The average molecular weight is 437 g/mol. The maximum absolute atomic E-state index is 14.0. The molecular formula is C21H22ClFN2O3S. The third kappa shape index (κ3) is 3.91. The van der Waals surface area contributed by atoms with Gasteiger partial charge in [0.05, 0.1) is 11.3 Å². The van der Waals surface area contributed by atoms with E-state index < -0.39 is 15.8 Å². The van der Waals surface area contributed by atoms with E-state index in [1.807, 2.05) is 0 Å². The number of piperidine rings is 1. The number of carbonyl (C=O) groups excluding carboxylic acids is 1. The zero-order valence-corrected chi connectivity index (χ0v) is 17.5. The SMILES string of the molecule is O=C(Cc1c(F)cccc1Cl)N1CCc2cc(S(=O)(=O)N3CCCCC3)ccc21. The molecule has 0 aliphatic carbocycles. The van der Waals surface area contributed by atoms with Crippen molar-refractivity contribution in [2.24, 2.45) is 0 Å². The second-order valence-corrected chi connectivity index (χ2v) is 9.77. The summed E-state index contributed by atoms with van der Waals surface area (Å²) in [5, 5.41) is 0.223. The van der Waals surface area contributed by atoms with E-state index >= 15 is 0 Å². The van der Waals surface area contributed by atoms with Gasteiger partial charge >= 0.3 is 0 Å². The summed E-state index contributed by atoms with van der Waals surface area (Å²) in [6.45, 7) is 1.54. The van der Waals surface area contributed by atoms with Crippen LogP contribution in [0.3, 0.4) is 0 Å². The van der Waals surface area contributed by atoms with E-state index in [-0.39, 0.29) is 27.8 Å². The molecule has 1 fully saturated rings. The zero-order chi connectivity index (χ0) is 20.6. The number of rotatable bonds is 4. The van der Waals surface area contributed by atoms with Crippen LogP contribution in [-0.2, 0) is 27.7 Å². The third-order valence-electron chi connectivity index (χ3n) is 5.59. The summed E-state index contributed by atoms with van der Waals surface area (Å²) < 4.78 is 41.4. The largest absolute Gasteiger partial charge is 0.312 e. The first-order chi connectivity index (χ1) is 13.9. The number of amides is 1. The van der Waals surface area contributed by atoms with Gasteiger partial charge in [0.15, 0.2) is 0 Å². The predicted molar refractivity (Wildman–Crippen MR) is 110 cm³/mol. The van der Waals surface area contributed by atoms with Crippen molar-refractivity contribution in [1.82, 2.24) is 4.31 Å². The molecule has 1 amide bonds. The number of fused-ring (bicyclic) bond motifs is 1. The van der Waals surface area contributed by atoms with E-state index in [9.17, 15) is 17.6 Å². The molecule has 29 heavy (non-hydrogen) atoms. The molecule has 0 atom stereocenters. The summed E-state index contributed by atoms with van der Waals surface area (Å²) in [6.07, 6.45) is 3.24. The Labute approximate surface area is 175 Å². The molecule has 154 valence electrons. The van der Waals surface area contributed by atoms with Crippen molar-refractivity contribution in [1.29, 1.82) is 0 Å². The molecule has 5 nitrogen and oxygen atoms in total. The highest BCUT2D eigenvalue weighted by Gasteiger charge is 2.30. The second-order valence-electron chi connectivity index (χ2n) is 7.43. The molecule has 0 spiro atoms. The van der Waals surface area contributed by atoms with Crippen LogP contribution in [0.15, 0.2) is 41.3 Å². The molecule has 2 heterocycles. The van der Waals surface area contributed by atoms with Gasteiger partial charge in [-0.15, -0.1) is 0 Å². The minimum absolute atomic E-state index is 0.140. The van der Waals surface area contributed by atoms with Crippen molar-refractivity contribution in [2.45, 2.75) is 37.0 Å². The van der Waals surface area contributed by atoms with E-state index in [0.29, 0.717) is 31.7 Å². The number of benzene rings is 2. The first-order valence-corrected chi connectivity index (χ1v) is 11.6. The Morgan fingerprint density at radius 3 is 2.55 bits per heavy atom. The molecule has 0 radical (unpaired) electrons. The molecular weight excluding hydrogens is 415 g/mol. The minimum atomic E-state index is -3.52. The maximum atomic E-state index is 14.0. The van der Waals surface area contributed by atoms with Crippen LogP contribution in [0.25, 0.3) is 0 Å². The number of hydrogen-bond donors (Lipinski definition) is 0. The van der Waals surface area contributed by atoms with Gasteiger partial charge in [-0.3, -0.25) is 4.79 Å². The lowest BCUT2D eigenvalue weighted by molar-refractivity contribution is -0.117. The molecule has 2 aliphatic heterocycles. The minimum Gasteiger partial charge on any atom is -0.312 e. The van der Waals surface area contributed by atoms with Gasteiger partial charge in [-0.2, -0.15) is 4.31 Å². The Bertz CT molecular complexity index is 1030. The Kier molecular flexibility index (Phi) is 5.64. The highest BCUT2D eigenvalue weighted by atomic mass is 35.5. The lowest BCUT2D eigenvalue weighted by Crippen LogP contribution is -2.35. The molecule has 8 heteroatoms. The monoisotopic (exact) mass is 436 g/mol. The molecule has 0 bridgehead atoms. The van der Waals surface area contributed by atoms with Gasteiger partial charge in [-0.25, -0.2) is 12.8 Å². The van der Waals surface area contributed by atoms with Crippen LogP contribution in [0, 0.1) is 5.82 Å². The Morgan fingerprint density at radius 2 is 1.83 bits per heavy atom. The Morgan fingerprint density at radius 1 is 1.07 bits per heavy atom. The molecule has 0 unspecified atom stereocenters. The summed E-state index contributed by atoms with van der Waals surface area (Å²) in [5.74, 6) is -0.768. The van der Waals surface area contributed by atoms with Gasteiger partial charge in [0.2, 0.25) is 15.9 Å². The van der Waals surface area contributed by atoms with Crippen molar-refractivity contribution in [3.63, 3.8) is 0 Å². The number of anilines is 1. The first-order valence-electron chi connectivity index (χ1n) is 9.74. The van der Waals surface area contributed by atoms with E-state index in [2.05, 4.69) is 0 Å². The molecule has 0 aromatic heterocycles. The summed E-state index contributed by atoms with van der Waals surface area (Å²) in [6, 6.07) is 9.25. The lowest BCUT2D eigenvalue weighted by atomic mass is 10.1. The molecule has 0 N–H and O–H groups in total. The van der Waals surface area contributed by atoms with Crippen LogP contribution in [-0.4, -0.2) is 38.3 Å². The van der Waals surface area contributed by atoms with Gasteiger partial charge < -0.3 is 4.90 Å². The number of hydrogen-bond acceptors (Lipinski definition) is 3. The predicted octanol–water partition coefficient (Wildman–Crippen LogP) is 3.79. The fourth-order valence-corrected chi connectivity index (χ4v) is 5.80. The van der Waals surface area contributed by atoms with Crippen LogP contribution in [0.4, 0.5) is 10.1 Å². The van der Waals surface area contributed by atoms with Crippen LogP contribution < -0.4 is 4.90 Å². The Hall–Kier alpha value is -1.96. The number of nitrogens with zero attached hydrogens (tertiary/aromatic N) is 2. The fourth-order valence-electron chi connectivity index (χ4n) is 4.00. The quantitative estimate of drug-likeness (QED) is 0.732. The Balaban J connectivity index is 1.56. The standard InChI is InChI=1S/C21H22ClFN2O3S/c22-18-5-4-6-19(23)17(18)14-21(26)25-12-9-15-13-16(7-8-20(15)25)29(27,28)24-10-2-1-3-11-24/h4-8,13H,1-3,9-12,14H2. The van der Waals surface area contributed by atoms with Crippen LogP contribution >= 0.6 is 11.6 Å². The number of halogens is 2. The number of carbonyl (C=O) groups is 1. The lowest BCUT2D eigenvalue weighted by Gasteiger charge is -2.26. The highest BCUT2D eigenvalue weighted by molar-refractivity contribution is 7.89. The van der Waals surface area contributed by atoms with Gasteiger partial charge in [-0.05, 0) is 55.2 Å². The van der Waals surface area contributed by atoms with Crippen molar-refractivity contribution in [2.75, 3.05) is 24.5 Å². The third-order valence-corrected chi connectivity index (χ3v) is 7.84. The van der Waals surface area contributed by atoms with Gasteiger partial charge in [-0.1, -0.05) is 24.1 Å². The van der Waals surface area contributed by atoms with Crippen molar-refractivity contribution >= 4 is 33.2 Å². The van der Waals surface area contributed by atoms with Crippen LogP contribution in [0.5, 0.6) is 0 Å². The summed E-state index contributed by atoms with van der Waals surface area (Å²) in [4.78, 5) is 14.6. The van der Waals surface area contributed by atoms with E-state index in [4.69, 9.17) is 11.6 Å². The fraction of sp³-hybridized carbons (Fsp3) is 0.381. The zero-order valence-electron chi connectivity index (χ0n) is 15.9. The first kappa shape index (κ1) is 20.3. The summed E-state index contributed by atoms with van der Waals surface area (Å²) in [5.41, 5.74) is 1.67. The van der Waals surface area contributed by atoms with Gasteiger partial charge in [0, 0.05) is 35.9 Å². The molecule has 2 aromatic carbocycles. The van der Waals surface area contributed by atoms with Crippen molar-refractivity contribution in [3.8, 4) is 0 Å². The normalized spacial score (nSPS) is 17.4. The highest BCUT2D eigenvalue weighted by Crippen LogP contribution is 2.32. The molecule has 0 saturated carbocycles. The van der Waals surface area contributed by atoms with Crippen molar-refractivity contribution in [3.05, 3.63) is 58.4 Å². The van der Waals surface area contributed by atoms with Gasteiger partial charge in [0.1, 0.15) is 5.82 Å².